The first-order valence-corrected chi connectivity index (χ1v) is 11.1. The predicted octanol–water partition coefficient (Wildman–Crippen LogP) is 4.33. The van der Waals surface area contributed by atoms with E-state index in [1.54, 1.807) is 42.7 Å². The number of ether oxygens (including phenoxy) is 6. The zero-order valence-electron chi connectivity index (χ0n) is 19.7. The number of hydrogen-bond acceptors (Lipinski definition) is 6. The Balaban J connectivity index is 1.80. The number of methoxy groups -OCH3 is 6. The maximum Gasteiger partial charge on any atom is 0.189 e. The van der Waals surface area contributed by atoms with E-state index in [9.17, 15) is 0 Å². The second-order valence-corrected chi connectivity index (χ2v) is 8.99. The Morgan fingerprint density at radius 2 is 0.906 bits per heavy atom. The average molecular weight is 441 g/mol. The highest BCUT2D eigenvalue weighted by Gasteiger charge is 3.02. The zero-order valence-corrected chi connectivity index (χ0v) is 19.7. The molecule has 3 aliphatic rings. The van der Waals surface area contributed by atoms with E-state index in [1.807, 2.05) is 12.1 Å². The first-order chi connectivity index (χ1) is 15.5. The van der Waals surface area contributed by atoms with Crippen LogP contribution in [-0.4, -0.2) is 48.4 Å². The summed E-state index contributed by atoms with van der Waals surface area (Å²) >= 11 is 0. The minimum atomic E-state index is -0.801. The van der Waals surface area contributed by atoms with Gasteiger partial charge in [-0.05, 0) is 60.1 Å². The first kappa shape index (κ1) is 21.4. The van der Waals surface area contributed by atoms with Crippen molar-refractivity contribution in [3.63, 3.8) is 0 Å². The van der Waals surface area contributed by atoms with Crippen molar-refractivity contribution in [1.29, 1.82) is 0 Å². The van der Waals surface area contributed by atoms with Gasteiger partial charge in [-0.2, -0.15) is 0 Å². The highest BCUT2D eigenvalue weighted by molar-refractivity contribution is 5.68. The van der Waals surface area contributed by atoms with Crippen molar-refractivity contribution in [3.8, 4) is 23.0 Å². The van der Waals surface area contributed by atoms with Crippen LogP contribution in [0, 0.1) is 11.8 Å². The monoisotopic (exact) mass is 440 g/mol. The van der Waals surface area contributed by atoms with Crippen molar-refractivity contribution < 1.29 is 28.4 Å². The molecule has 0 bridgehead atoms. The fraction of sp³-hybridized carbons (Fsp3) is 0.538. The molecular weight excluding hydrogens is 408 g/mol. The van der Waals surface area contributed by atoms with Crippen LogP contribution in [0.15, 0.2) is 36.4 Å². The number of fused-ring (bicyclic) bond motifs is 4. The van der Waals surface area contributed by atoms with E-state index in [1.165, 1.54) is 6.42 Å². The average Bonchev–Trinajstić information content (AvgIpc) is 3.03. The molecule has 0 N–H and O–H groups in total. The van der Waals surface area contributed by atoms with Gasteiger partial charge in [-0.25, -0.2) is 0 Å². The molecule has 3 aliphatic carbocycles. The molecule has 3 saturated carbocycles. The summed E-state index contributed by atoms with van der Waals surface area (Å²) in [5.41, 5.74) is 1.54. The molecule has 2 aromatic rings. The third-order valence-corrected chi connectivity index (χ3v) is 8.41. The summed E-state index contributed by atoms with van der Waals surface area (Å²) < 4.78 is 35.2. The molecule has 0 radical (unpaired) electrons. The summed E-state index contributed by atoms with van der Waals surface area (Å²) in [5, 5.41) is 0. The lowest BCUT2D eigenvalue weighted by Crippen LogP contribution is -2.49. The standard InChI is InChI=1S/C26H32O6/c1-27-18-10-16(11-19(14-18)28-2)24-22-8-7-9-23(22)25(24,26(24,31-5)32-6)17-12-20(29-3)15-21(13-17)30-4/h10-15,22-23H,7-9H2,1-6H3. The van der Waals surface area contributed by atoms with Gasteiger partial charge in [0.05, 0.1) is 39.3 Å². The number of hydrogen-bond donors (Lipinski definition) is 0. The van der Waals surface area contributed by atoms with Crippen LogP contribution in [0.5, 0.6) is 23.0 Å². The summed E-state index contributed by atoms with van der Waals surface area (Å²) in [6.07, 6.45) is 3.48. The Morgan fingerprint density at radius 1 is 0.562 bits per heavy atom. The van der Waals surface area contributed by atoms with Crippen molar-refractivity contribution in [3.05, 3.63) is 47.5 Å². The summed E-state index contributed by atoms with van der Waals surface area (Å²) in [5.74, 6) is 3.14. The molecule has 0 spiro atoms. The van der Waals surface area contributed by atoms with E-state index < -0.39 is 5.79 Å². The van der Waals surface area contributed by atoms with Crippen LogP contribution in [0.4, 0.5) is 0 Å². The molecule has 5 rings (SSSR count). The molecule has 0 aliphatic heterocycles. The minimum absolute atomic E-state index is 0.357. The van der Waals surface area contributed by atoms with Crippen molar-refractivity contribution >= 4 is 0 Å². The number of benzene rings is 2. The Morgan fingerprint density at radius 3 is 1.19 bits per heavy atom. The van der Waals surface area contributed by atoms with Gasteiger partial charge in [0.2, 0.25) is 0 Å². The van der Waals surface area contributed by atoms with Gasteiger partial charge < -0.3 is 28.4 Å². The largest absolute Gasteiger partial charge is 0.497 e. The molecule has 4 unspecified atom stereocenters. The fourth-order valence-electron chi connectivity index (χ4n) is 7.59. The van der Waals surface area contributed by atoms with E-state index in [0.717, 1.165) is 47.0 Å². The Bertz CT molecular complexity index is 909. The first-order valence-electron chi connectivity index (χ1n) is 11.1. The van der Waals surface area contributed by atoms with Gasteiger partial charge in [0.15, 0.2) is 5.79 Å². The van der Waals surface area contributed by atoms with Crippen molar-refractivity contribution in [2.24, 2.45) is 11.8 Å². The molecule has 6 heteroatoms. The maximum atomic E-state index is 6.35. The molecule has 0 heterocycles. The molecule has 6 nitrogen and oxygen atoms in total. The Hall–Kier alpha value is -2.44. The van der Waals surface area contributed by atoms with Crippen LogP contribution < -0.4 is 18.9 Å². The number of rotatable bonds is 8. The Labute approximate surface area is 189 Å². The maximum absolute atomic E-state index is 6.35. The van der Waals surface area contributed by atoms with Gasteiger partial charge in [-0.3, -0.25) is 0 Å². The van der Waals surface area contributed by atoms with Gasteiger partial charge >= 0.3 is 0 Å². The van der Waals surface area contributed by atoms with Gasteiger partial charge in [0, 0.05) is 26.4 Å². The smallest absolute Gasteiger partial charge is 0.189 e. The summed E-state index contributed by atoms with van der Waals surface area (Å²) in [4.78, 5) is 0. The summed E-state index contributed by atoms with van der Waals surface area (Å²) in [7, 11) is 10.3. The molecule has 2 aromatic carbocycles. The van der Waals surface area contributed by atoms with Gasteiger partial charge in [0.1, 0.15) is 23.0 Å². The van der Waals surface area contributed by atoms with E-state index in [2.05, 4.69) is 24.3 Å². The highest BCUT2D eigenvalue weighted by Crippen LogP contribution is 2.92. The molecule has 0 aromatic heterocycles. The summed E-state index contributed by atoms with van der Waals surface area (Å²) in [6, 6.07) is 12.3. The molecule has 0 saturated heterocycles. The highest BCUT2D eigenvalue weighted by atomic mass is 16.7. The second-order valence-electron chi connectivity index (χ2n) is 8.99. The van der Waals surface area contributed by atoms with Crippen LogP contribution in [0.1, 0.15) is 30.4 Å². The van der Waals surface area contributed by atoms with Gasteiger partial charge in [-0.1, -0.05) is 6.42 Å². The van der Waals surface area contributed by atoms with Crippen LogP contribution in [0.3, 0.4) is 0 Å². The topological polar surface area (TPSA) is 55.4 Å². The van der Waals surface area contributed by atoms with Crippen molar-refractivity contribution in [2.45, 2.75) is 35.9 Å². The molecule has 3 fully saturated rings. The van der Waals surface area contributed by atoms with Crippen LogP contribution >= 0.6 is 0 Å². The quantitative estimate of drug-likeness (QED) is 0.570. The Kier molecular flexibility index (Phi) is 4.88. The van der Waals surface area contributed by atoms with Crippen molar-refractivity contribution in [2.75, 3.05) is 42.7 Å². The van der Waals surface area contributed by atoms with E-state index >= 15 is 0 Å². The lowest BCUT2D eigenvalue weighted by atomic mass is 9.54. The SMILES string of the molecule is COc1cc(OC)cc(C23C4CCCC4C2(c2cc(OC)cc(OC)c2)C3(OC)OC)c1. The molecule has 0 amide bonds. The molecule has 172 valence electrons. The molecule has 32 heavy (non-hydrogen) atoms. The van der Waals surface area contributed by atoms with Crippen LogP contribution in [-0.2, 0) is 20.3 Å². The van der Waals surface area contributed by atoms with Gasteiger partial charge in [-0.15, -0.1) is 0 Å². The normalized spacial score (nSPS) is 31.2. The zero-order chi connectivity index (χ0) is 22.7. The van der Waals surface area contributed by atoms with Crippen LogP contribution in [0.2, 0.25) is 0 Å². The second kappa shape index (κ2) is 7.29. The fourth-order valence-corrected chi connectivity index (χ4v) is 7.59. The van der Waals surface area contributed by atoms with Crippen molar-refractivity contribution in [1.82, 2.24) is 0 Å². The lowest BCUT2D eigenvalue weighted by Gasteiger charge is -2.47. The third kappa shape index (κ3) is 2.17. The molecule has 4 atom stereocenters. The minimum Gasteiger partial charge on any atom is -0.497 e. The van der Waals surface area contributed by atoms with E-state index in [4.69, 9.17) is 28.4 Å². The lowest BCUT2D eigenvalue weighted by molar-refractivity contribution is -0.152. The van der Waals surface area contributed by atoms with E-state index in [-0.39, 0.29) is 10.8 Å². The summed E-state index contributed by atoms with van der Waals surface area (Å²) in [6.45, 7) is 0. The van der Waals surface area contributed by atoms with Crippen LogP contribution in [0.25, 0.3) is 0 Å². The third-order valence-electron chi connectivity index (χ3n) is 8.41. The van der Waals surface area contributed by atoms with Gasteiger partial charge in [0.25, 0.3) is 0 Å². The molecular formula is C26H32O6. The predicted molar refractivity (Wildman–Crippen MR) is 120 cm³/mol. The van der Waals surface area contributed by atoms with E-state index in [0.29, 0.717) is 11.8 Å².